The number of benzene rings is 2. The molecule has 128 valence electrons. The van der Waals surface area contributed by atoms with Crippen molar-refractivity contribution < 1.29 is 13.2 Å². The first kappa shape index (κ1) is 19.0. The Morgan fingerprint density at radius 2 is 1.71 bits per heavy atom. The summed E-state index contributed by atoms with van der Waals surface area (Å²) in [6.07, 6.45) is 0. The summed E-state index contributed by atoms with van der Waals surface area (Å²) in [6.45, 7) is 3.50. The second kappa shape index (κ2) is 7.68. The summed E-state index contributed by atoms with van der Waals surface area (Å²) in [4.78, 5) is 11.6. The number of carbonyl (C=O) groups is 1. The van der Waals surface area contributed by atoms with Crippen LogP contribution in [0.15, 0.2) is 57.9 Å². The van der Waals surface area contributed by atoms with Crippen LogP contribution < -0.4 is 4.31 Å². The lowest BCUT2D eigenvalue weighted by atomic mass is 10.0. The fourth-order valence-corrected chi connectivity index (χ4v) is 4.25. The molecule has 0 aliphatic carbocycles. The highest BCUT2D eigenvalue weighted by molar-refractivity contribution is 9.10. The average molecular weight is 431 g/mol. The number of sulfonamides is 1. The number of para-hydroxylation sites is 1. The van der Waals surface area contributed by atoms with Crippen molar-refractivity contribution in [3.05, 3.63) is 58.6 Å². The number of rotatable bonds is 6. The first-order valence-corrected chi connectivity index (χ1v) is 9.90. The van der Waals surface area contributed by atoms with Crippen molar-refractivity contribution in [3.8, 4) is 0 Å². The summed E-state index contributed by atoms with van der Waals surface area (Å²) >= 11 is 8.80. The molecule has 2 aromatic rings. The molecule has 0 saturated carbocycles. The van der Waals surface area contributed by atoms with Crippen LogP contribution in [0.1, 0.15) is 25.3 Å². The van der Waals surface area contributed by atoms with Gasteiger partial charge in [-0.2, -0.15) is 0 Å². The molecule has 24 heavy (non-hydrogen) atoms. The Bertz CT molecular complexity index is 835. The zero-order chi connectivity index (χ0) is 17.9. The van der Waals surface area contributed by atoms with E-state index in [9.17, 15) is 13.2 Å². The van der Waals surface area contributed by atoms with E-state index in [0.29, 0.717) is 5.69 Å². The lowest BCUT2D eigenvalue weighted by molar-refractivity contribution is -0.110. The van der Waals surface area contributed by atoms with Gasteiger partial charge in [0.05, 0.1) is 10.6 Å². The Morgan fingerprint density at radius 3 is 2.25 bits per heavy atom. The molecule has 0 saturated heterocycles. The topological polar surface area (TPSA) is 54.5 Å². The Balaban J connectivity index is 2.61. The van der Waals surface area contributed by atoms with E-state index < -0.39 is 21.8 Å². The Hall–Kier alpha value is -1.37. The summed E-state index contributed by atoms with van der Waals surface area (Å²) in [7, 11) is -3.91. The highest BCUT2D eigenvalue weighted by atomic mass is 79.9. The zero-order valence-electron chi connectivity index (χ0n) is 13.2. The van der Waals surface area contributed by atoms with Crippen LogP contribution in [0.4, 0.5) is 5.69 Å². The number of hydrogen-bond acceptors (Lipinski definition) is 3. The maximum atomic E-state index is 13.1. The van der Waals surface area contributed by atoms with Crippen LogP contribution in [0.2, 0.25) is 0 Å². The van der Waals surface area contributed by atoms with Crippen LogP contribution in [-0.4, -0.2) is 20.2 Å². The zero-order valence-corrected chi connectivity index (χ0v) is 16.4. The molecule has 0 atom stereocenters. The minimum atomic E-state index is -3.91. The lowest BCUT2D eigenvalue weighted by Crippen LogP contribution is -2.35. The van der Waals surface area contributed by atoms with Gasteiger partial charge in [0.2, 0.25) is 5.24 Å². The molecule has 0 aromatic heterocycles. The van der Waals surface area contributed by atoms with Crippen LogP contribution in [0, 0.1) is 0 Å². The highest BCUT2D eigenvalue weighted by Gasteiger charge is 2.28. The molecule has 2 aromatic carbocycles. The molecular formula is C17H17BrClNO3S. The third kappa shape index (κ3) is 4.18. The standard InChI is InChI=1S/C17H17BrClNO3S/c1-12(2)15-5-3-4-6-16(15)20(11-17(19)21)24(22,23)14-9-7-13(18)8-10-14/h3-10,12H,11H2,1-2H3. The van der Waals surface area contributed by atoms with Gasteiger partial charge in [-0.25, -0.2) is 8.42 Å². The fraction of sp³-hybridized carbons (Fsp3) is 0.235. The molecule has 0 unspecified atom stereocenters. The van der Waals surface area contributed by atoms with Gasteiger partial charge in [0.25, 0.3) is 10.0 Å². The molecular weight excluding hydrogens is 414 g/mol. The first-order valence-electron chi connectivity index (χ1n) is 7.29. The Kier molecular flexibility index (Phi) is 6.06. The maximum Gasteiger partial charge on any atom is 0.264 e. The van der Waals surface area contributed by atoms with Crippen LogP contribution >= 0.6 is 27.5 Å². The summed E-state index contributed by atoms with van der Waals surface area (Å²) in [6, 6.07) is 13.4. The van der Waals surface area contributed by atoms with E-state index >= 15 is 0 Å². The molecule has 0 heterocycles. The summed E-state index contributed by atoms with van der Waals surface area (Å²) in [5, 5.41) is -0.741. The molecule has 0 spiro atoms. The number of anilines is 1. The van der Waals surface area contributed by atoms with Crippen molar-refractivity contribution in [3.63, 3.8) is 0 Å². The number of hydrogen-bond donors (Lipinski definition) is 0. The van der Waals surface area contributed by atoms with E-state index in [-0.39, 0.29) is 10.8 Å². The SMILES string of the molecule is CC(C)c1ccccc1N(CC(=O)Cl)S(=O)(=O)c1ccc(Br)cc1. The third-order valence-corrected chi connectivity index (χ3v) is 5.92. The van der Waals surface area contributed by atoms with Crippen LogP contribution in [0.3, 0.4) is 0 Å². The van der Waals surface area contributed by atoms with E-state index in [1.807, 2.05) is 26.0 Å². The molecule has 0 bridgehead atoms. The van der Waals surface area contributed by atoms with Crippen molar-refractivity contribution in [1.29, 1.82) is 0 Å². The second-order valence-corrected chi connectivity index (χ2v) is 8.73. The van der Waals surface area contributed by atoms with Gasteiger partial charge in [-0.1, -0.05) is 48.0 Å². The van der Waals surface area contributed by atoms with E-state index in [1.54, 1.807) is 24.3 Å². The largest absolute Gasteiger partial charge is 0.279 e. The van der Waals surface area contributed by atoms with Gasteiger partial charge in [0.1, 0.15) is 6.54 Å². The third-order valence-electron chi connectivity index (χ3n) is 3.50. The van der Waals surface area contributed by atoms with E-state index in [2.05, 4.69) is 15.9 Å². The molecule has 0 amide bonds. The normalized spacial score (nSPS) is 11.5. The number of halogens is 2. The van der Waals surface area contributed by atoms with Gasteiger partial charge in [0.15, 0.2) is 0 Å². The molecule has 0 fully saturated rings. The molecule has 2 rings (SSSR count). The summed E-state index contributed by atoms with van der Waals surface area (Å²) in [5.74, 6) is 0.0919. The van der Waals surface area contributed by atoms with Crippen molar-refractivity contribution in [2.45, 2.75) is 24.7 Å². The first-order chi connectivity index (χ1) is 11.2. The fourth-order valence-electron chi connectivity index (χ4n) is 2.35. The highest BCUT2D eigenvalue weighted by Crippen LogP contribution is 2.31. The maximum absolute atomic E-state index is 13.1. The van der Waals surface area contributed by atoms with Crippen molar-refractivity contribution in [2.75, 3.05) is 10.8 Å². The molecule has 0 aliphatic rings. The van der Waals surface area contributed by atoms with E-state index in [0.717, 1.165) is 14.3 Å². The molecule has 7 heteroatoms. The van der Waals surface area contributed by atoms with Crippen molar-refractivity contribution in [2.24, 2.45) is 0 Å². The Labute approximate surface area is 155 Å². The second-order valence-electron chi connectivity index (χ2n) is 5.53. The van der Waals surface area contributed by atoms with Gasteiger partial charge >= 0.3 is 0 Å². The van der Waals surface area contributed by atoms with E-state index in [1.165, 1.54) is 12.1 Å². The van der Waals surface area contributed by atoms with Gasteiger partial charge in [-0.15, -0.1) is 0 Å². The predicted molar refractivity (Wildman–Crippen MR) is 100 cm³/mol. The predicted octanol–water partition coefficient (Wildman–Crippen LogP) is 4.53. The summed E-state index contributed by atoms with van der Waals surface area (Å²) in [5.41, 5.74) is 1.29. The number of carbonyl (C=O) groups excluding carboxylic acids is 1. The van der Waals surface area contributed by atoms with Crippen LogP contribution in [0.5, 0.6) is 0 Å². The van der Waals surface area contributed by atoms with Crippen molar-refractivity contribution in [1.82, 2.24) is 0 Å². The average Bonchev–Trinajstić information content (AvgIpc) is 2.52. The molecule has 0 N–H and O–H groups in total. The lowest BCUT2D eigenvalue weighted by Gasteiger charge is -2.26. The molecule has 4 nitrogen and oxygen atoms in total. The van der Waals surface area contributed by atoms with Gasteiger partial charge < -0.3 is 0 Å². The minimum absolute atomic E-state index is 0.0919. The van der Waals surface area contributed by atoms with Crippen molar-refractivity contribution >= 4 is 48.5 Å². The smallest absolute Gasteiger partial charge is 0.264 e. The van der Waals surface area contributed by atoms with E-state index in [4.69, 9.17) is 11.6 Å². The number of nitrogens with zero attached hydrogens (tertiary/aromatic N) is 1. The summed E-state index contributed by atoms with van der Waals surface area (Å²) < 4.78 is 27.9. The van der Waals surface area contributed by atoms with Gasteiger partial charge in [-0.3, -0.25) is 9.10 Å². The van der Waals surface area contributed by atoms with Crippen LogP contribution in [-0.2, 0) is 14.8 Å². The van der Waals surface area contributed by atoms with Crippen LogP contribution in [0.25, 0.3) is 0 Å². The minimum Gasteiger partial charge on any atom is -0.279 e. The quantitative estimate of drug-likeness (QED) is 0.633. The Morgan fingerprint density at radius 1 is 1.12 bits per heavy atom. The molecule has 0 radical (unpaired) electrons. The van der Waals surface area contributed by atoms with Gasteiger partial charge in [-0.05, 0) is 53.4 Å². The molecule has 0 aliphatic heterocycles. The monoisotopic (exact) mass is 429 g/mol. The van der Waals surface area contributed by atoms with Gasteiger partial charge in [0, 0.05) is 4.47 Å².